The van der Waals surface area contributed by atoms with Crippen molar-refractivity contribution in [3.63, 3.8) is 0 Å². The van der Waals surface area contributed by atoms with Gasteiger partial charge in [-0.3, -0.25) is 9.08 Å². The quantitative estimate of drug-likeness (QED) is 0.259. The molecule has 1 fully saturated rings. The minimum Gasteiger partial charge on any atom is -0.293 e. The summed E-state index contributed by atoms with van der Waals surface area (Å²) in [6.07, 6.45) is 2.50. The highest BCUT2D eigenvalue weighted by atomic mass is 35.7. The van der Waals surface area contributed by atoms with E-state index in [2.05, 4.69) is 64.0 Å². The van der Waals surface area contributed by atoms with Gasteiger partial charge in [0, 0.05) is 18.0 Å². The molecule has 1 unspecified atom stereocenters. The molecule has 0 saturated carbocycles. The number of halogens is 2. The second-order valence-electron chi connectivity index (χ2n) is 9.85. The standard InChI is InChI=1S/C15H37Cl2N2PSi3/c1-14-10-12-19(13-11-14)20(16,18-23(8,9)17)15(21(2,3)4)22(5,6)7/h14-15H,10-13H2,1-9H3. The fourth-order valence-electron chi connectivity index (χ4n) is 4.18. The Hall–Kier alpha value is 1.42. The molecule has 8 heteroatoms. The van der Waals surface area contributed by atoms with E-state index in [0.29, 0.717) is 4.91 Å². The first-order chi connectivity index (χ1) is 10.1. The average molecular weight is 432 g/mol. The maximum Gasteiger partial charge on any atom is 0.270 e. The summed E-state index contributed by atoms with van der Waals surface area (Å²) in [5.74, 6) is 0.815. The van der Waals surface area contributed by atoms with Crippen molar-refractivity contribution in [2.45, 2.75) is 77.0 Å². The van der Waals surface area contributed by atoms with Crippen molar-refractivity contribution in [1.29, 1.82) is 0 Å². The topological polar surface area (TPSA) is 15.6 Å². The molecule has 1 rings (SSSR count). The molecule has 0 aromatic carbocycles. The van der Waals surface area contributed by atoms with E-state index < -0.39 is 30.3 Å². The Kier molecular flexibility index (Phi) is 7.40. The van der Waals surface area contributed by atoms with E-state index in [-0.39, 0.29) is 0 Å². The van der Waals surface area contributed by atoms with Crippen molar-refractivity contribution in [2.24, 2.45) is 10.3 Å². The number of piperidine rings is 1. The van der Waals surface area contributed by atoms with Crippen LogP contribution in [0, 0.1) is 5.92 Å². The number of hydrogen-bond donors (Lipinski definition) is 0. The predicted octanol–water partition coefficient (Wildman–Crippen LogP) is 7.05. The molecular formula is C15H37Cl2N2PSi3. The molecule has 23 heavy (non-hydrogen) atoms. The van der Waals surface area contributed by atoms with Gasteiger partial charge in [0.1, 0.15) is 6.56 Å². The fraction of sp³-hybridized carbons (Fsp3) is 1.00. The van der Waals surface area contributed by atoms with Crippen LogP contribution in [-0.4, -0.2) is 46.4 Å². The van der Waals surface area contributed by atoms with E-state index in [4.69, 9.17) is 26.7 Å². The Labute approximate surface area is 157 Å². The smallest absolute Gasteiger partial charge is 0.270 e. The lowest BCUT2D eigenvalue weighted by Gasteiger charge is -2.50. The highest BCUT2D eigenvalue weighted by molar-refractivity contribution is 7.94. The largest absolute Gasteiger partial charge is 0.293 e. The van der Waals surface area contributed by atoms with Crippen LogP contribution >= 0.6 is 28.9 Å². The van der Waals surface area contributed by atoms with E-state index in [0.717, 1.165) is 19.0 Å². The van der Waals surface area contributed by atoms with E-state index in [1.165, 1.54) is 12.8 Å². The average Bonchev–Trinajstić information content (AvgIpc) is 2.22. The zero-order chi connectivity index (χ0) is 18.3. The van der Waals surface area contributed by atoms with Crippen molar-refractivity contribution in [3.05, 3.63) is 0 Å². The van der Waals surface area contributed by atoms with Gasteiger partial charge < -0.3 is 0 Å². The van der Waals surface area contributed by atoms with Crippen LogP contribution in [0.3, 0.4) is 0 Å². The lowest BCUT2D eigenvalue weighted by molar-refractivity contribution is 0.300. The summed E-state index contributed by atoms with van der Waals surface area (Å²) < 4.78 is 7.89. The van der Waals surface area contributed by atoms with E-state index >= 15 is 0 Å². The number of nitrogens with zero attached hydrogens (tertiary/aromatic N) is 2. The Morgan fingerprint density at radius 2 is 1.35 bits per heavy atom. The summed E-state index contributed by atoms with van der Waals surface area (Å²) in [4.78, 5) is 0.600. The van der Waals surface area contributed by atoms with Crippen molar-refractivity contribution < 1.29 is 0 Å². The Bertz CT molecular complexity index is 445. The molecule has 1 atom stereocenters. The molecule has 1 aliphatic rings. The van der Waals surface area contributed by atoms with E-state index in [1.807, 2.05) is 0 Å². The SMILES string of the molecule is CC1CCN(P(Cl)(=N[Si](C)(C)Cl)C([Si](C)(C)C)[Si](C)(C)C)CC1. The predicted molar refractivity (Wildman–Crippen MR) is 119 cm³/mol. The minimum atomic E-state index is -2.10. The third-order valence-electron chi connectivity index (χ3n) is 4.50. The van der Waals surface area contributed by atoms with Crippen LogP contribution in [0.1, 0.15) is 19.8 Å². The summed E-state index contributed by atoms with van der Waals surface area (Å²) in [6.45, 7) is 21.7. The molecule has 0 radical (unpaired) electrons. The van der Waals surface area contributed by atoms with Gasteiger partial charge in [0.05, 0.1) is 16.1 Å². The van der Waals surface area contributed by atoms with Gasteiger partial charge in [-0.2, -0.15) is 0 Å². The number of rotatable bonds is 5. The van der Waals surface area contributed by atoms with Crippen LogP contribution in [0.5, 0.6) is 0 Å². The first kappa shape index (κ1) is 22.5. The summed E-state index contributed by atoms with van der Waals surface area (Å²) in [5, 5.41) is 0. The molecule has 0 aromatic rings. The third kappa shape index (κ3) is 6.26. The van der Waals surface area contributed by atoms with Crippen LogP contribution in [0.4, 0.5) is 0 Å². The maximum atomic E-state index is 7.58. The van der Waals surface area contributed by atoms with Gasteiger partial charge >= 0.3 is 0 Å². The Morgan fingerprint density at radius 3 is 1.65 bits per heavy atom. The van der Waals surface area contributed by atoms with Gasteiger partial charge in [0.15, 0.2) is 0 Å². The van der Waals surface area contributed by atoms with Gasteiger partial charge in [-0.1, -0.05) is 57.4 Å². The van der Waals surface area contributed by atoms with Gasteiger partial charge in [-0.05, 0) is 31.9 Å². The Morgan fingerprint density at radius 1 is 0.957 bits per heavy atom. The second-order valence-corrected chi connectivity index (χ2v) is 32.1. The van der Waals surface area contributed by atoms with Gasteiger partial charge in [-0.25, -0.2) is 0 Å². The van der Waals surface area contributed by atoms with Crippen molar-refractivity contribution in [1.82, 2.24) is 4.67 Å². The van der Waals surface area contributed by atoms with Crippen LogP contribution in [0.2, 0.25) is 52.4 Å². The zero-order valence-corrected chi connectivity index (χ0v) is 22.0. The lowest BCUT2D eigenvalue weighted by atomic mass is 10.0. The highest BCUT2D eigenvalue weighted by Crippen LogP contribution is 2.68. The Balaban J connectivity index is 3.48. The minimum absolute atomic E-state index is 0.600. The number of hydrogen-bond acceptors (Lipinski definition) is 1. The highest BCUT2D eigenvalue weighted by Gasteiger charge is 2.50. The molecule has 2 nitrogen and oxygen atoms in total. The summed E-state index contributed by atoms with van der Waals surface area (Å²) in [7, 11) is -5.00. The molecule has 138 valence electrons. The molecule has 0 aromatic heterocycles. The van der Waals surface area contributed by atoms with Gasteiger partial charge in [0.2, 0.25) is 0 Å². The van der Waals surface area contributed by atoms with Gasteiger partial charge in [-0.15, -0.1) is 11.1 Å². The van der Waals surface area contributed by atoms with E-state index in [1.54, 1.807) is 0 Å². The normalized spacial score (nSPS) is 22.3. The molecule has 0 amide bonds. The summed E-state index contributed by atoms with van der Waals surface area (Å²) in [5.41, 5.74) is 0. The molecule has 1 aliphatic heterocycles. The maximum absolute atomic E-state index is 7.58. The fourth-order valence-corrected chi connectivity index (χ4v) is 38.0. The third-order valence-corrected chi connectivity index (χ3v) is 28.2. The van der Waals surface area contributed by atoms with Gasteiger partial charge in [0.25, 0.3) is 7.55 Å². The second kappa shape index (κ2) is 7.58. The van der Waals surface area contributed by atoms with Crippen molar-refractivity contribution >= 4 is 52.6 Å². The lowest BCUT2D eigenvalue weighted by Crippen LogP contribution is -2.55. The van der Waals surface area contributed by atoms with Crippen LogP contribution in [-0.2, 0) is 0 Å². The molecule has 1 heterocycles. The van der Waals surface area contributed by atoms with E-state index in [9.17, 15) is 0 Å². The van der Waals surface area contributed by atoms with Crippen LogP contribution in [0.25, 0.3) is 0 Å². The van der Waals surface area contributed by atoms with Crippen LogP contribution in [0.15, 0.2) is 4.41 Å². The molecule has 0 spiro atoms. The van der Waals surface area contributed by atoms with Crippen molar-refractivity contribution in [3.8, 4) is 0 Å². The van der Waals surface area contributed by atoms with Crippen molar-refractivity contribution in [2.75, 3.05) is 13.1 Å². The zero-order valence-electron chi connectivity index (χ0n) is 16.6. The summed E-state index contributed by atoms with van der Waals surface area (Å²) >= 11 is 14.3. The molecule has 0 aliphatic carbocycles. The molecular weight excluding hydrogens is 394 g/mol. The summed E-state index contributed by atoms with van der Waals surface area (Å²) in [6, 6.07) is 0. The van der Waals surface area contributed by atoms with Crippen LogP contribution < -0.4 is 0 Å². The molecule has 0 N–H and O–H groups in total. The molecule has 0 bridgehead atoms. The first-order valence-corrected chi connectivity index (χ1v) is 22.6. The monoisotopic (exact) mass is 430 g/mol. The first-order valence-electron chi connectivity index (χ1n) is 8.84. The molecule has 1 saturated heterocycles.